The van der Waals surface area contributed by atoms with Crippen molar-refractivity contribution in [3.05, 3.63) is 34.3 Å². The van der Waals surface area contributed by atoms with Gasteiger partial charge in [0, 0.05) is 10.0 Å². The fourth-order valence-electron chi connectivity index (χ4n) is 1.62. The first-order valence-corrected chi connectivity index (χ1v) is 8.09. The Balaban J connectivity index is 3.25. The van der Waals surface area contributed by atoms with Crippen molar-refractivity contribution in [2.24, 2.45) is 0 Å². The number of hydrogen-bond acceptors (Lipinski definition) is 4. The molecule has 0 fully saturated rings. The Kier molecular flexibility index (Phi) is 5.56. The van der Waals surface area contributed by atoms with E-state index in [0.29, 0.717) is 10.0 Å². The van der Waals surface area contributed by atoms with Gasteiger partial charge in [-0.15, -0.1) is 0 Å². The van der Waals surface area contributed by atoms with Gasteiger partial charge in [0.1, 0.15) is 0 Å². The third kappa shape index (κ3) is 3.03. The second-order valence-electron chi connectivity index (χ2n) is 3.83. The van der Waals surface area contributed by atoms with Crippen LogP contribution in [0.4, 0.5) is 0 Å². The van der Waals surface area contributed by atoms with Gasteiger partial charge in [-0.25, -0.2) is 0 Å². The maximum Gasteiger partial charge on any atom is 0.366 e. The molecule has 0 amide bonds. The predicted molar refractivity (Wildman–Crippen MR) is 74.6 cm³/mol. The molecule has 1 aromatic carbocycles. The average molecular weight is 337 g/mol. The van der Waals surface area contributed by atoms with Crippen molar-refractivity contribution in [2.45, 2.75) is 26.1 Å². The Morgan fingerprint density at radius 2 is 1.78 bits per heavy atom. The zero-order valence-electron chi connectivity index (χ0n) is 10.7. The van der Waals surface area contributed by atoms with Crippen LogP contribution in [-0.2, 0) is 19.0 Å². The number of halogens is 1. The summed E-state index contributed by atoms with van der Waals surface area (Å²) in [7, 11) is -3.65. The topological polar surface area (TPSA) is 55.8 Å². The van der Waals surface area contributed by atoms with Gasteiger partial charge >= 0.3 is 7.60 Å². The molecule has 4 nitrogen and oxygen atoms in total. The van der Waals surface area contributed by atoms with Crippen LogP contribution in [0.15, 0.2) is 28.7 Å². The van der Waals surface area contributed by atoms with Crippen LogP contribution >= 0.6 is 23.5 Å². The average Bonchev–Trinajstić information content (AvgIpc) is 2.29. The molecule has 0 aliphatic rings. The number of aliphatic hydroxyl groups is 1. The van der Waals surface area contributed by atoms with Gasteiger partial charge in [0.2, 0.25) is 0 Å². The minimum Gasteiger partial charge on any atom is -0.373 e. The summed E-state index contributed by atoms with van der Waals surface area (Å²) in [4.78, 5) is 0. The van der Waals surface area contributed by atoms with Gasteiger partial charge in [0.25, 0.3) is 0 Å². The van der Waals surface area contributed by atoms with E-state index in [1.807, 2.05) is 6.07 Å². The molecule has 0 aromatic heterocycles. The van der Waals surface area contributed by atoms with Gasteiger partial charge in [-0.05, 0) is 26.8 Å². The van der Waals surface area contributed by atoms with Crippen molar-refractivity contribution in [1.29, 1.82) is 0 Å². The van der Waals surface area contributed by atoms with E-state index in [1.54, 1.807) is 32.0 Å². The van der Waals surface area contributed by atoms with Gasteiger partial charge in [-0.2, -0.15) is 0 Å². The summed E-state index contributed by atoms with van der Waals surface area (Å²) in [5.41, 5.74) is 0.482. The lowest BCUT2D eigenvalue weighted by molar-refractivity contribution is 0.0797. The number of benzene rings is 1. The summed E-state index contributed by atoms with van der Waals surface area (Å²) < 4.78 is 23.7. The molecule has 1 N–H and O–H groups in total. The third-order valence-corrected chi connectivity index (χ3v) is 5.71. The first kappa shape index (κ1) is 15.9. The molecule has 18 heavy (non-hydrogen) atoms. The molecular formula is C12H18BrO4P. The first-order chi connectivity index (χ1) is 8.39. The van der Waals surface area contributed by atoms with Crippen molar-refractivity contribution in [2.75, 3.05) is 13.2 Å². The van der Waals surface area contributed by atoms with Crippen molar-refractivity contribution in [3.63, 3.8) is 0 Å². The predicted octanol–water partition coefficient (Wildman–Crippen LogP) is 3.88. The molecule has 0 aliphatic carbocycles. The van der Waals surface area contributed by atoms with Gasteiger partial charge < -0.3 is 14.2 Å². The highest BCUT2D eigenvalue weighted by Crippen LogP contribution is 2.64. The Morgan fingerprint density at radius 1 is 1.28 bits per heavy atom. The van der Waals surface area contributed by atoms with Crippen molar-refractivity contribution < 1.29 is 18.7 Å². The highest BCUT2D eigenvalue weighted by Gasteiger charge is 2.48. The summed E-state index contributed by atoms with van der Waals surface area (Å²) in [5.74, 6) is 0. The lowest BCUT2D eigenvalue weighted by atomic mass is 10.1. The smallest absolute Gasteiger partial charge is 0.366 e. The van der Waals surface area contributed by atoms with Crippen molar-refractivity contribution in [3.8, 4) is 0 Å². The van der Waals surface area contributed by atoms with Crippen LogP contribution in [0.1, 0.15) is 26.3 Å². The van der Waals surface area contributed by atoms with Crippen LogP contribution in [0, 0.1) is 0 Å². The van der Waals surface area contributed by atoms with E-state index in [9.17, 15) is 9.67 Å². The molecule has 1 rings (SSSR count). The summed E-state index contributed by atoms with van der Waals surface area (Å²) >= 11 is 3.33. The molecule has 0 aliphatic heterocycles. The fourth-order valence-corrected chi connectivity index (χ4v) is 4.19. The van der Waals surface area contributed by atoms with Gasteiger partial charge in [-0.1, -0.05) is 34.1 Å². The Hall–Kier alpha value is -0.190. The zero-order chi connectivity index (χ0) is 13.8. The Bertz CT molecular complexity index is 437. The molecule has 1 atom stereocenters. The second-order valence-corrected chi connectivity index (χ2v) is 7.07. The highest BCUT2D eigenvalue weighted by atomic mass is 79.9. The van der Waals surface area contributed by atoms with Gasteiger partial charge in [0.15, 0.2) is 5.34 Å². The van der Waals surface area contributed by atoms with E-state index in [4.69, 9.17) is 9.05 Å². The van der Waals surface area contributed by atoms with Crippen LogP contribution in [0.5, 0.6) is 0 Å². The molecule has 1 aromatic rings. The highest BCUT2D eigenvalue weighted by molar-refractivity contribution is 9.10. The zero-order valence-corrected chi connectivity index (χ0v) is 13.2. The van der Waals surface area contributed by atoms with E-state index in [2.05, 4.69) is 15.9 Å². The summed E-state index contributed by atoms with van der Waals surface area (Å²) in [6.45, 7) is 5.28. The van der Waals surface area contributed by atoms with Gasteiger partial charge in [0.05, 0.1) is 13.2 Å². The van der Waals surface area contributed by atoms with Crippen LogP contribution in [-0.4, -0.2) is 18.3 Å². The van der Waals surface area contributed by atoms with Gasteiger partial charge in [-0.3, -0.25) is 4.57 Å². The Morgan fingerprint density at radius 3 is 2.22 bits per heavy atom. The molecule has 6 heteroatoms. The molecule has 0 radical (unpaired) electrons. The van der Waals surface area contributed by atoms with E-state index < -0.39 is 12.9 Å². The first-order valence-electron chi connectivity index (χ1n) is 5.75. The van der Waals surface area contributed by atoms with E-state index >= 15 is 0 Å². The van der Waals surface area contributed by atoms with Crippen LogP contribution in [0.3, 0.4) is 0 Å². The molecular weight excluding hydrogens is 319 g/mol. The quantitative estimate of drug-likeness (QED) is 0.801. The standard InChI is InChI=1S/C12H18BrO4P/c1-4-16-18(15,17-5-2)12(3,14)10-8-6-7-9-11(10)13/h6-9,14H,4-5H2,1-3H3. The largest absolute Gasteiger partial charge is 0.373 e. The van der Waals surface area contributed by atoms with E-state index in [-0.39, 0.29) is 13.2 Å². The monoisotopic (exact) mass is 336 g/mol. The van der Waals surface area contributed by atoms with Crippen molar-refractivity contribution in [1.82, 2.24) is 0 Å². The maximum atomic E-state index is 12.7. The summed E-state index contributed by atoms with van der Waals surface area (Å²) in [6.07, 6.45) is 0. The fraction of sp³-hybridized carbons (Fsp3) is 0.500. The summed E-state index contributed by atoms with van der Waals surface area (Å²) in [6, 6.07) is 7.04. The number of hydrogen-bond donors (Lipinski definition) is 1. The lowest BCUT2D eigenvalue weighted by Crippen LogP contribution is -2.25. The van der Waals surface area contributed by atoms with E-state index in [0.717, 1.165) is 0 Å². The van der Waals surface area contributed by atoms with Crippen LogP contribution in [0.2, 0.25) is 0 Å². The molecule has 1 unspecified atom stereocenters. The maximum absolute atomic E-state index is 12.7. The molecule has 0 bridgehead atoms. The normalized spacial score (nSPS) is 15.4. The van der Waals surface area contributed by atoms with E-state index in [1.165, 1.54) is 6.92 Å². The summed E-state index contributed by atoms with van der Waals surface area (Å²) in [5, 5.41) is 8.91. The molecule has 102 valence electrons. The Labute approximate surface area is 116 Å². The second kappa shape index (κ2) is 6.31. The molecule has 0 saturated heterocycles. The minimum atomic E-state index is -3.65. The third-order valence-electron chi connectivity index (χ3n) is 2.52. The lowest BCUT2D eigenvalue weighted by Gasteiger charge is -2.32. The number of rotatable bonds is 6. The molecule has 0 heterocycles. The van der Waals surface area contributed by atoms with Crippen molar-refractivity contribution >= 4 is 23.5 Å². The SMILES string of the molecule is CCOP(=O)(OCC)C(C)(O)c1ccccc1Br. The molecule has 0 saturated carbocycles. The minimum absolute atomic E-state index is 0.206. The van der Waals surface area contributed by atoms with Crippen LogP contribution in [0.25, 0.3) is 0 Å². The molecule has 0 spiro atoms. The van der Waals surface area contributed by atoms with Crippen LogP contribution < -0.4 is 0 Å².